The highest BCUT2D eigenvalue weighted by Crippen LogP contribution is 2.40. The van der Waals surface area contributed by atoms with Gasteiger partial charge in [0.15, 0.2) is 0 Å². The highest BCUT2D eigenvalue weighted by molar-refractivity contribution is 6.78. The van der Waals surface area contributed by atoms with Crippen LogP contribution in [0.5, 0.6) is 0 Å². The molecule has 1 heterocycles. The number of carbonyl (C=O) groups is 1. The van der Waals surface area contributed by atoms with Crippen LogP contribution in [-0.2, 0) is 9.53 Å². The van der Waals surface area contributed by atoms with Gasteiger partial charge in [-0.3, -0.25) is 4.79 Å². The molecule has 1 fully saturated rings. The maximum absolute atomic E-state index is 11.1. The number of esters is 1. The van der Waals surface area contributed by atoms with Gasteiger partial charge in [-0.25, -0.2) is 0 Å². The molecule has 3 atom stereocenters. The lowest BCUT2D eigenvalue weighted by Gasteiger charge is -2.32. The van der Waals surface area contributed by atoms with Gasteiger partial charge in [-0.05, 0) is 18.0 Å². The number of hydrogen-bond acceptors (Lipinski definition) is 2. The first kappa shape index (κ1) is 9.96. The number of rotatable bonds is 1. The summed E-state index contributed by atoms with van der Waals surface area (Å²) in [6.07, 6.45) is 6.28. The highest BCUT2D eigenvalue weighted by Gasteiger charge is 2.39. The summed E-state index contributed by atoms with van der Waals surface area (Å²) in [7, 11) is -1.09. The second kappa shape index (κ2) is 3.23. The molecular weight excluding hydrogens is 192 g/mol. The standard InChI is InChI=1S/C11H18O2Si/c1-14(2,3)9-4-5-10-8(6-9)7-11(12)13-10/h4-5,8-10H,6-7H2,1-3H3/t8-,9+,10-/m1/s1. The Morgan fingerprint density at radius 3 is 2.71 bits per heavy atom. The van der Waals surface area contributed by atoms with Gasteiger partial charge in [0.2, 0.25) is 0 Å². The maximum Gasteiger partial charge on any atom is 0.306 e. The SMILES string of the molecule is C[Si](C)(C)[C@H]1C=C[C@H]2OC(=O)C[C@H]2C1. The van der Waals surface area contributed by atoms with Gasteiger partial charge in [0, 0.05) is 5.92 Å². The Bertz CT molecular complexity index is 278. The van der Waals surface area contributed by atoms with Gasteiger partial charge in [-0.1, -0.05) is 25.7 Å². The van der Waals surface area contributed by atoms with Crippen LogP contribution in [-0.4, -0.2) is 20.1 Å². The second-order valence-electron chi connectivity index (χ2n) is 5.51. The van der Waals surface area contributed by atoms with E-state index in [4.69, 9.17) is 4.74 Å². The summed E-state index contributed by atoms with van der Waals surface area (Å²) in [5, 5.41) is 0. The summed E-state index contributed by atoms with van der Waals surface area (Å²) in [6, 6.07) is 0. The van der Waals surface area contributed by atoms with Crippen molar-refractivity contribution in [2.75, 3.05) is 0 Å². The molecule has 1 saturated heterocycles. The van der Waals surface area contributed by atoms with Crippen LogP contribution in [0.2, 0.25) is 25.2 Å². The summed E-state index contributed by atoms with van der Waals surface area (Å²) in [4.78, 5) is 11.1. The molecule has 2 aliphatic rings. The molecule has 0 unspecified atom stereocenters. The predicted molar refractivity (Wildman–Crippen MR) is 58.8 cm³/mol. The topological polar surface area (TPSA) is 26.3 Å². The van der Waals surface area contributed by atoms with E-state index in [-0.39, 0.29) is 12.1 Å². The van der Waals surface area contributed by atoms with Crippen LogP contribution in [0.15, 0.2) is 12.2 Å². The van der Waals surface area contributed by atoms with Gasteiger partial charge in [0.1, 0.15) is 6.10 Å². The molecule has 0 spiro atoms. The zero-order chi connectivity index (χ0) is 10.3. The molecule has 0 N–H and O–H groups in total. The average Bonchev–Trinajstić information content (AvgIpc) is 2.41. The number of carbonyl (C=O) groups excluding carboxylic acids is 1. The van der Waals surface area contributed by atoms with Crippen molar-refractivity contribution in [3.05, 3.63) is 12.2 Å². The van der Waals surface area contributed by atoms with Crippen molar-refractivity contribution in [2.24, 2.45) is 5.92 Å². The Morgan fingerprint density at radius 1 is 1.36 bits per heavy atom. The Labute approximate surface area is 86.3 Å². The molecule has 78 valence electrons. The van der Waals surface area contributed by atoms with E-state index < -0.39 is 8.07 Å². The minimum Gasteiger partial charge on any atom is -0.458 e. The Balaban J connectivity index is 2.11. The van der Waals surface area contributed by atoms with Crippen molar-refractivity contribution in [3.8, 4) is 0 Å². The van der Waals surface area contributed by atoms with Gasteiger partial charge in [0.05, 0.1) is 14.5 Å². The third-order valence-corrected chi connectivity index (χ3v) is 6.02. The summed E-state index contributed by atoms with van der Waals surface area (Å²) < 4.78 is 5.22. The fourth-order valence-corrected chi connectivity index (χ4v) is 4.03. The molecule has 1 aliphatic carbocycles. The number of allylic oxidation sites excluding steroid dienone is 1. The van der Waals surface area contributed by atoms with Crippen molar-refractivity contribution in [1.82, 2.24) is 0 Å². The molecule has 2 rings (SSSR count). The molecule has 0 radical (unpaired) electrons. The highest BCUT2D eigenvalue weighted by atomic mass is 28.3. The van der Waals surface area contributed by atoms with E-state index in [1.54, 1.807) is 0 Å². The average molecular weight is 210 g/mol. The normalized spacial score (nSPS) is 36.8. The molecule has 0 bridgehead atoms. The minimum absolute atomic E-state index is 0.0131. The molecule has 1 aliphatic heterocycles. The molecule has 2 nitrogen and oxygen atoms in total. The van der Waals surface area contributed by atoms with Crippen LogP contribution in [0.4, 0.5) is 0 Å². The lowest BCUT2D eigenvalue weighted by molar-refractivity contribution is -0.140. The first-order chi connectivity index (χ1) is 6.47. The van der Waals surface area contributed by atoms with Crippen molar-refractivity contribution in [2.45, 2.75) is 44.1 Å². The number of hydrogen-bond donors (Lipinski definition) is 0. The van der Waals surface area contributed by atoms with Crippen molar-refractivity contribution in [1.29, 1.82) is 0 Å². The summed E-state index contributed by atoms with van der Waals surface area (Å²) in [5.41, 5.74) is 0.721. The van der Waals surface area contributed by atoms with Crippen LogP contribution >= 0.6 is 0 Å². The van der Waals surface area contributed by atoms with Crippen molar-refractivity contribution < 1.29 is 9.53 Å². The van der Waals surface area contributed by atoms with Gasteiger partial charge in [-0.15, -0.1) is 0 Å². The zero-order valence-corrected chi connectivity index (χ0v) is 10.1. The molecule has 0 aromatic carbocycles. The van der Waals surface area contributed by atoms with E-state index in [2.05, 4.69) is 31.8 Å². The molecule has 3 heteroatoms. The first-order valence-electron chi connectivity index (χ1n) is 5.34. The molecule has 0 saturated carbocycles. The van der Waals surface area contributed by atoms with Gasteiger partial charge in [-0.2, -0.15) is 0 Å². The molecule has 0 aromatic rings. The van der Waals surface area contributed by atoms with E-state index in [1.807, 2.05) is 0 Å². The van der Waals surface area contributed by atoms with Gasteiger partial charge in [0.25, 0.3) is 0 Å². The van der Waals surface area contributed by atoms with Crippen LogP contribution in [0.3, 0.4) is 0 Å². The largest absolute Gasteiger partial charge is 0.458 e. The van der Waals surface area contributed by atoms with Crippen LogP contribution < -0.4 is 0 Å². The minimum atomic E-state index is -1.09. The number of fused-ring (bicyclic) bond motifs is 1. The fraction of sp³-hybridized carbons (Fsp3) is 0.727. The van der Waals surface area contributed by atoms with E-state index in [0.29, 0.717) is 12.3 Å². The Hall–Kier alpha value is -0.573. The first-order valence-corrected chi connectivity index (χ1v) is 8.92. The lowest BCUT2D eigenvalue weighted by Crippen LogP contribution is -2.32. The molecule has 14 heavy (non-hydrogen) atoms. The summed E-state index contributed by atoms with van der Waals surface area (Å²) in [5.74, 6) is 0.449. The van der Waals surface area contributed by atoms with Gasteiger partial charge < -0.3 is 4.74 Å². The van der Waals surface area contributed by atoms with E-state index >= 15 is 0 Å². The van der Waals surface area contributed by atoms with Crippen LogP contribution in [0, 0.1) is 5.92 Å². The molecule has 0 amide bonds. The second-order valence-corrected chi connectivity index (χ2v) is 11.0. The van der Waals surface area contributed by atoms with Crippen LogP contribution in [0.1, 0.15) is 12.8 Å². The zero-order valence-electron chi connectivity index (χ0n) is 9.12. The Morgan fingerprint density at radius 2 is 2.07 bits per heavy atom. The quantitative estimate of drug-likeness (QED) is 0.378. The van der Waals surface area contributed by atoms with E-state index in [0.717, 1.165) is 12.0 Å². The third-order valence-electron chi connectivity index (χ3n) is 3.36. The van der Waals surface area contributed by atoms with E-state index in [1.165, 1.54) is 0 Å². The summed E-state index contributed by atoms with van der Waals surface area (Å²) in [6.45, 7) is 7.17. The smallest absolute Gasteiger partial charge is 0.306 e. The molecule has 0 aromatic heterocycles. The van der Waals surface area contributed by atoms with Crippen molar-refractivity contribution >= 4 is 14.0 Å². The van der Waals surface area contributed by atoms with Gasteiger partial charge >= 0.3 is 5.97 Å². The Kier molecular flexibility index (Phi) is 2.30. The van der Waals surface area contributed by atoms with E-state index in [9.17, 15) is 4.79 Å². The number of ether oxygens (including phenoxy) is 1. The monoisotopic (exact) mass is 210 g/mol. The fourth-order valence-electron chi connectivity index (χ4n) is 2.33. The van der Waals surface area contributed by atoms with Crippen LogP contribution in [0.25, 0.3) is 0 Å². The maximum atomic E-state index is 11.1. The molecular formula is C11H18O2Si. The lowest BCUT2D eigenvalue weighted by atomic mass is 9.91. The summed E-state index contributed by atoms with van der Waals surface area (Å²) >= 11 is 0. The predicted octanol–water partition coefficient (Wildman–Crippen LogP) is 2.59. The van der Waals surface area contributed by atoms with Crippen molar-refractivity contribution in [3.63, 3.8) is 0 Å². The third kappa shape index (κ3) is 1.78.